The number of rotatable bonds is 3. The molecule has 0 aromatic rings. The summed E-state index contributed by atoms with van der Waals surface area (Å²) in [5.74, 6) is 0. The average Bonchev–Trinajstić information content (AvgIpc) is 2.07. The van der Waals surface area contributed by atoms with Crippen LogP contribution < -0.4 is 71.9 Å². The van der Waals surface area contributed by atoms with E-state index >= 15 is 0 Å². The fourth-order valence-corrected chi connectivity index (χ4v) is 3.96. The van der Waals surface area contributed by atoms with Crippen LogP contribution in [0, 0.1) is 0 Å². The SMILES string of the molecule is C[N+](C)(C)C1C(O)C([N+](C)(C)C)C(O)C([N+](C)(C)C)C1O.[I-].[I-].[I-]. The zero-order valence-electron chi connectivity index (χ0n) is 16.3. The minimum absolute atomic E-state index is 0. The first-order valence-corrected chi connectivity index (χ1v) is 7.57. The molecule has 150 valence electrons. The minimum atomic E-state index is -0.766. The Morgan fingerprint density at radius 1 is 0.417 bits per heavy atom. The van der Waals surface area contributed by atoms with E-state index in [1.807, 2.05) is 63.4 Å². The highest BCUT2D eigenvalue weighted by atomic mass is 127. The minimum Gasteiger partial charge on any atom is -1.00 e. The lowest BCUT2D eigenvalue weighted by atomic mass is 9.76. The molecule has 0 unspecified atom stereocenters. The Labute approximate surface area is 199 Å². The molecular formula is C15H36I3N3O3. The molecule has 0 spiro atoms. The molecule has 0 atom stereocenters. The number of nitrogens with zero attached hydrogens (tertiary/aromatic N) is 3. The molecule has 3 N–H and O–H groups in total. The molecule has 1 aliphatic rings. The molecule has 9 heteroatoms. The summed E-state index contributed by atoms with van der Waals surface area (Å²) in [6.45, 7) is 0. The number of likely N-dealkylation sites (N-methyl/N-ethyl adjacent to an activating group) is 3. The van der Waals surface area contributed by atoms with E-state index in [4.69, 9.17) is 0 Å². The molecule has 0 bridgehead atoms. The smallest absolute Gasteiger partial charge is 0.163 e. The summed E-state index contributed by atoms with van der Waals surface area (Å²) < 4.78 is 1.38. The van der Waals surface area contributed by atoms with Crippen molar-refractivity contribution in [1.29, 1.82) is 0 Å². The Balaban J connectivity index is -0.00000147. The third-order valence-electron chi connectivity index (χ3n) is 4.78. The lowest BCUT2D eigenvalue weighted by Crippen LogP contribution is -3.00. The molecule has 1 aliphatic carbocycles. The molecule has 1 fully saturated rings. The van der Waals surface area contributed by atoms with Gasteiger partial charge in [-0.2, -0.15) is 0 Å². The quantitative estimate of drug-likeness (QED) is 0.205. The van der Waals surface area contributed by atoms with Crippen LogP contribution in [0.15, 0.2) is 0 Å². The van der Waals surface area contributed by atoms with Crippen LogP contribution in [0.25, 0.3) is 0 Å². The molecule has 0 aromatic heterocycles. The van der Waals surface area contributed by atoms with Gasteiger partial charge in [-0.15, -0.1) is 0 Å². The van der Waals surface area contributed by atoms with Crippen molar-refractivity contribution < 1.29 is 101 Å². The molecule has 24 heavy (non-hydrogen) atoms. The van der Waals surface area contributed by atoms with E-state index in [1.165, 1.54) is 0 Å². The summed E-state index contributed by atoms with van der Waals surface area (Å²) in [7, 11) is 17.8. The molecule has 0 heterocycles. The Hall–Kier alpha value is 1.95. The average molecular weight is 687 g/mol. The fourth-order valence-electron chi connectivity index (χ4n) is 3.96. The fraction of sp³-hybridized carbons (Fsp3) is 1.00. The summed E-state index contributed by atoms with van der Waals surface area (Å²) in [4.78, 5) is 0. The molecule has 1 saturated carbocycles. The van der Waals surface area contributed by atoms with Gasteiger partial charge in [-0.05, 0) is 0 Å². The van der Waals surface area contributed by atoms with Gasteiger partial charge in [0.25, 0.3) is 0 Å². The summed E-state index contributed by atoms with van der Waals surface area (Å²) in [6, 6.07) is -1.01. The van der Waals surface area contributed by atoms with Gasteiger partial charge in [-0.1, -0.05) is 0 Å². The van der Waals surface area contributed by atoms with Gasteiger partial charge in [0.15, 0.2) is 36.4 Å². The van der Waals surface area contributed by atoms with E-state index in [-0.39, 0.29) is 90.1 Å². The zero-order chi connectivity index (χ0) is 17.0. The molecule has 0 radical (unpaired) electrons. The van der Waals surface area contributed by atoms with Crippen LogP contribution in [0.5, 0.6) is 0 Å². The van der Waals surface area contributed by atoms with Gasteiger partial charge in [0.05, 0.1) is 63.4 Å². The van der Waals surface area contributed by atoms with Crippen molar-refractivity contribution in [3.8, 4) is 0 Å². The lowest BCUT2D eigenvalue weighted by Gasteiger charge is -2.55. The molecule has 6 nitrogen and oxygen atoms in total. The van der Waals surface area contributed by atoms with Crippen molar-refractivity contribution in [2.75, 3.05) is 63.4 Å². The Bertz CT molecular complexity index is 312. The van der Waals surface area contributed by atoms with Gasteiger partial charge < -0.3 is 101 Å². The standard InChI is InChI=1S/C15H36N3O3.3HI/c1-16(2,3)10-13(19)11(17(4,5)6)15(21)12(14(10)20)18(7,8)9;;;/h10-15,19-21H,1-9H3;3*1H/q+3;;;/p-3. The highest BCUT2D eigenvalue weighted by Gasteiger charge is 2.62. The van der Waals surface area contributed by atoms with Crippen LogP contribution in [0.4, 0.5) is 0 Å². The van der Waals surface area contributed by atoms with Gasteiger partial charge in [0, 0.05) is 0 Å². The number of halogens is 3. The summed E-state index contributed by atoms with van der Waals surface area (Å²) in [6.07, 6.45) is -2.30. The maximum atomic E-state index is 10.9. The summed E-state index contributed by atoms with van der Waals surface area (Å²) in [5.41, 5.74) is 0. The molecule has 0 aliphatic heterocycles. The van der Waals surface area contributed by atoms with Gasteiger partial charge in [-0.25, -0.2) is 0 Å². The molecule has 1 rings (SSSR count). The van der Waals surface area contributed by atoms with Gasteiger partial charge in [-0.3, -0.25) is 0 Å². The van der Waals surface area contributed by atoms with E-state index in [0.717, 1.165) is 0 Å². The van der Waals surface area contributed by atoms with E-state index in [0.29, 0.717) is 13.4 Å². The van der Waals surface area contributed by atoms with Crippen LogP contribution in [-0.4, -0.2) is 129 Å². The van der Waals surface area contributed by atoms with Crippen molar-refractivity contribution >= 4 is 0 Å². The molecule has 0 saturated heterocycles. The van der Waals surface area contributed by atoms with E-state index in [2.05, 4.69) is 0 Å². The van der Waals surface area contributed by atoms with Crippen LogP contribution in [0.2, 0.25) is 0 Å². The van der Waals surface area contributed by atoms with Crippen LogP contribution >= 0.6 is 0 Å². The Morgan fingerprint density at radius 2 is 0.542 bits per heavy atom. The normalized spacial score (nSPS) is 34.5. The number of aliphatic hydroxyl groups excluding tert-OH is 3. The number of hydrogen-bond acceptors (Lipinski definition) is 3. The van der Waals surface area contributed by atoms with Crippen LogP contribution in [0.3, 0.4) is 0 Å². The Kier molecular flexibility index (Phi) is 12.7. The first kappa shape index (κ1) is 30.7. The van der Waals surface area contributed by atoms with Crippen molar-refractivity contribution in [2.45, 2.75) is 36.4 Å². The first-order valence-electron chi connectivity index (χ1n) is 7.57. The van der Waals surface area contributed by atoms with Gasteiger partial charge in [0.1, 0.15) is 0 Å². The van der Waals surface area contributed by atoms with Gasteiger partial charge >= 0.3 is 0 Å². The van der Waals surface area contributed by atoms with Crippen molar-refractivity contribution in [3.63, 3.8) is 0 Å². The predicted molar refractivity (Wildman–Crippen MR) is 83.5 cm³/mol. The molecule has 0 amide bonds. The topological polar surface area (TPSA) is 60.7 Å². The number of quaternary nitrogens is 3. The second kappa shape index (κ2) is 9.94. The second-order valence-corrected chi connectivity index (χ2v) is 9.29. The molecular weight excluding hydrogens is 651 g/mol. The van der Waals surface area contributed by atoms with Crippen molar-refractivity contribution in [3.05, 3.63) is 0 Å². The maximum absolute atomic E-state index is 10.9. The van der Waals surface area contributed by atoms with Gasteiger partial charge in [0.2, 0.25) is 0 Å². The van der Waals surface area contributed by atoms with Crippen LogP contribution in [0.1, 0.15) is 0 Å². The lowest BCUT2D eigenvalue weighted by molar-refractivity contribution is -0.960. The predicted octanol–water partition coefficient (Wildman–Crippen LogP) is -10.7. The molecule has 0 aromatic carbocycles. The van der Waals surface area contributed by atoms with Crippen molar-refractivity contribution in [2.24, 2.45) is 0 Å². The summed E-state index contributed by atoms with van der Waals surface area (Å²) >= 11 is 0. The Morgan fingerprint density at radius 3 is 0.625 bits per heavy atom. The third kappa shape index (κ3) is 6.53. The number of aliphatic hydroxyl groups is 3. The van der Waals surface area contributed by atoms with Crippen molar-refractivity contribution in [1.82, 2.24) is 0 Å². The van der Waals surface area contributed by atoms with E-state index in [9.17, 15) is 15.3 Å². The van der Waals surface area contributed by atoms with Crippen LogP contribution in [-0.2, 0) is 0 Å². The van der Waals surface area contributed by atoms with E-state index in [1.54, 1.807) is 0 Å². The highest BCUT2D eigenvalue weighted by Crippen LogP contribution is 2.34. The van der Waals surface area contributed by atoms with E-state index < -0.39 is 18.3 Å². The third-order valence-corrected chi connectivity index (χ3v) is 4.78. The summed E-state index contributed by atoms with van der Waals surface area (Å²) in [5, 5.41) is 32.6. The highest BCUT2D eigenvalue weighted by molar-refractivity contribution is 5.01. The maximum Gasteiger partial charge on any atom is 0.163 e. The monoisotopic (exact) mass is 687 g/mol. The number of hydrogen-bond donors (Lipinski definition) is 3. The largest absolute Gasteiger partial charge is 1.00 e. The zero-order valence-corrected chi connectivity index (χ0v) is 22.8. The first-order chi connectivity index (χ1) is 9.10. The second-order valence-electron chi connectivity index (χ2n) is 9.29.